The van der Waals surface area contributed by atoms with Gasteiger partial charge in [-0.05, 0) is 68.5 Å². The molecule has 0 bridgehead atoms. The minimum absolute atomic E-state index is 0.0270. The first-order valence-corrected chi connectivity index (χ1v) is 11.9. The second-order valence-corrected chi connectivity index (χ2v) is 8.99. The van der Waals surface area contributed by atoms with Crippen LogP contribution in [0.3, 0.4) is 0 Å². The molecule has 34 heavy (non-hydrogen) atoms. The van der Waals surface area contributed by atoms with Crippen molar-refractivity contribution in [3.63, 3.8) is 0 Å². The molecule has 2 aromatic heterocycles. The van der Waals surface area contributed by atoms with Crippen LogP contribution in [-0.4, -0.2) is 44.4 Å². The first kappa shape index (κ1) is 22.1. The summed E-state index contributed by atoms with van der Waals surface area (Å²) in [5.74, 6) is 0.0478. The molecule has 174 valence electrons. The number of aryl methyl sites for hydroxylation is 2. The standard InChI is InChI=1S/C27H29N5O2/c1-18-22(19(2)32-26(29-18)23-10-3-4-11-24(23)30-32)12-13-25(33)28-17-20-8-7-9-21(16-20)27(34)31-14-5-6-15-31/h3-4,7-11,16H,5-6,12-15,17H2,1-2H3,(H,28,33). The summed E-state index contributed by atoms with van der Waals surface area (Å²) in [6.07, 6.45) is 3.09. The lowest BCUT2D eigenvalue weighted by Gasteiger charge is -2.16. The fourth-order valence-corrected chi connectivity index (χ4v) is 4.78. The van der Waals surface area contributed by atoms with Crippen molar-refractivity contribution in [1.29, 1.82) is 0 Å². The van der Waals surface area contributed by atoms with Crippen molar-refractivity contribution in [2.75, 3.05) is 13.1 Å². The Hall–Kier alpha value is -3.74. The van der Waals surface area contributed by atoms with E-state index in [-0.39, 0.29) is 11.8 Å². The van der Waals surface area contributed by atoms with Gasteiger partial charge in [0, 0.05) is 48.4 Å². The molecule has 1 aliphatic rings. The molecule has 1 N–H and O–H groups in total. The molecule has 7 nitrogen and oxygen atoms in total. The van der Waals surface area contributed by atoms with Gasteiger partial charge in [-0.25, -0.2) is 9.50 Å². The molecule has 0 saturated carbocycles. The van der Waals surface area contributed by atoms with E-state index in [1.54, 1.807) is 0 Å². The Morgan fingerprint density at radius 2 is 1.82 bits per heavy atom. The number of carbonyl (C=O) groups is 2. The molecule has 2 amide bonds. The van der Waals surface area contributed by atoms with Crippen LogP contribution in [0, 0.1) is 13.8 Å². The Morgan fingerprint density at radius 1 is 1.03 bits per heavy atom. The Labute approximate surface area is 198 Å². The van der Waals surface area contributed by atoms with Crippen LogP contribution in [0.5, 0.6) is 0 Å². The third-order valence-corrected chi connectivity index (χ3v) is 6.68. The van der Waals surface area contributed by atoms with E-state index in [2.05, 4.69) is 5.32 Å². The molecule has 3 heterocycles. The number of nitrogens with one attached hydrogen (secondary N) is 1. The highest BCUT2D eigenvalue weighted by molar-refractivity contribution is 5.94. The van der Waals surface area contributed by atoms with Gasteiger partial charge in [0.1, 0.15) is 0 Å². The van der Waals surface area contributed by atoms with Crippen LogP contribution in [-0.2, 0) is 17.8 Å². The van der Waals surface area contributed by atoms with Gasteiger partial charge in [-0.1, -0.05) is 24.3 Å². The number of rotatable bonds is 6. The summed E-state index contributed by atoms with van der Waals surface area (Å²) in [7, 11) is 0. The summed E-state index contributed by atoms with van der Waals surface area (Å²) >= 11 is 0. The van der Waals surface area contributed by atoms with E-state index in [4.69, 9.17) is 10.1 Å². The molecule has 5 rings (SSSR count). The fourth-order valence-electron chi connectivity index (χ4n) is 4.78. The Bertz CT molecular complexity index is 1380. The van der Waals surface area contributed by atoms with Crippen molar-refractivity contribution in [3.8, 4) is 0 Å². The topological polar surface area (TPSA) is 79.6 Å². The molecule has 0 atom stereocenters. The molecule has 7 heteroatoms. The summed E-state index contributed by atoms with van der Waals surface area (Å²) in [6.45, 7) is 6.08. The van der Waals surface area contributed by atoms with Crippen LogP contribution in [0.2, 0.25) is 0 Å². The lowest BCUT2D eigenvalue weighted by Crippen LogP contribution is -2.28. The maximum absolute atomic E-state index is 12.6. The number of fused-ring (bicyclic) bond motifs is 3. The first-order chi connectivity index (χ1) is 16.5. The third-order valence-electron chi connectivity index (χ3n) is 6.68. The van der Waals surface area contributed by atoms with Crippen molar-refractivity contribution >= 4 is 28.4 Å². The van der Waals surface area contributed by atoms with E-state index in [1.165, 1.54) is 0 Å². The summed E-state index contributed by atoms with van der Waals surface area (Å²) in [5, 5.41) is 8.72. The van der Waals surface area contributed by atoms with Gasteiger partial charge in [0.2, 0.25) is 5.91 Å². The molecule has 1 saturated heterocycles. The lowest BCUT2D eigenvalue weighted by molar-refractivity contribution is -0.121. The highest BCUT2D eigenvalue weighted by Crippen LogP contribution is 2.23. The number of amides is 2. The summed E-state index contributed by atoms with van der Waals surface area (Å²) in [6, 6.07) is 15.5. The van der Waals surface area contributed by atoms with Gasteiger partial charge in [-0.2, -0.15) is 5.10 Å². The normalized spacial score (nSPS) is 13.6. The SMILES string of the molecule is Cc1nc2c3ccccc3nn2c(C)c1CCC(=O)NCc1cccc(C(=O)N2CCCC2)c1. The minimum atomic E-state index is -0.0270. The van der Waals surface area contributed by atoms with Crippen molar-refractivity contribution in [2.24, 2.45) is 0 Å². The lowest BCUT2D eigenvalue weighted by atomic mass is 10.1. The summed E-state index contributed by atoms with van der Waals surface area (Å²) in [5.41, 5.74) is 6.37. The number of aromatic nitrogens is 3. The van der Waals surface area contributed by atoms with Gasteiger partial charge >= 0.3 is 0 Å². The van der Waals surface area contributed by atoms with E-state index in [1.807, 2.05) is 71.8 Å². The monoisotopic (exact) mass is 455 g/mol. The summed E-state index contributed by atoms with van der Waals surface area (Å²) < 4.78 is 1.88. The maximum Gasteiger partial charge on any atom is 0.253 e. The van der Waals surface area contributed by atoms with Gasteiger partial charge < -0.3 is 10.2 Å². The largest absolute Gasteiger partial charge is 0.352 e. The van der Waals surface area contributed by atoms with Crippen LogP contribution in [0.4, 0.5) is 0 Å². The molecular weight excluding hydrogens is 426 g/mol. The van der Waals surface area contributed by atoms with Gasteiger partial charge in [-0.15, -0.1) is 0 Å². The first-order valence-electron chi connectivity index (χ1n) is 11.9. The van der Waals surface area contributed by atoms with Crippen molar-refractivity contribution in [2.45, 2.75) is 46.1 Å². The van der Waals surface area contributed by atoms with Gasteiger partial charge in [0.15, 0.2) is 5.65 Å². The Morgan fingerprint density at radius 3 is 2.65 bits per heavy atom. The zero-order valence-corrected chi connectivity index (χ0v) is 19.7. The molecule has 1 fully saturated rings. The van der Waals surface area contributed by atoms with Crippen molar-refractivity contribution in [3.05, 3.63) is 76.6 Å². The number of hydrogen-bond acceptors (Lipinski definition) is 4. The average Bonchev–Trinajstić information content (AvgIpc) is 3.51. The average molecular weight is 456 g/mol. The van der Waals surface area contributed by atoms with Crippen molar-refractivity contribution in [1.82, 2.24) is 24.8 Å². The molecule has 0 radical (unpaired) electrons. The number of nitrogens with zero attached hydrogens (tertiary/aromatic N) is 4. The highest BCUT2D eigenvalue weighted by Gasteiger charge is 2.19. The Kier molecular flexibility index (Phi) is 6.01. The van der Waals surface area contributed by atoms with Crippen LogP contribution in [0.25, 0.3) is 16.6 Å². The highest BCUT2D eigenvalue weighted by atomic mass is 16.2. The van der Waals surface area contributed by atoms with Gasteiger partial charge in [0.05, 0.1) is 5.52 Å². The van der Waals surface area contributed by atoms with E-state index in [0.717, 1.165) is 65.0 Å². The minimum Gasteiger partial charge on any atom is -0.352 e. The van der Waals surface area contributed by atoms with Gasteiger partial charge in [0.25, 0.3) is 5.91 Å². The molecular formula is C27H29N5O2. The molecule has 0 spiro atoms. The number of hydrogen-bond donors (Lipinski definition) is 1. The van der Waals surface area contributed by atoms with E-state index in [9.17, 15) is 9.59 Å². The van der Waals surface area contributed by atoms with E-state index >= 15 is 0 Å². The van der Waals surface area contributed by atoms with E-state index in [0.29, 0.717) is 24.9 Å². The Balaban J connectivity index is 1.23. The van der Waals surface area contributed by atoms with Crippen LogP contribution >= 0.6 is 0 Å². The predicted octanol–water partition coefficient (Wildman–Crippen LogP) is 3.98. The van der Waals surface area contributed by atoms with Crippen LogP contribution in [0.1, 0.15) is 52.1 Å². The maximum atomic E-state index is 12.6. The molecule has 0 aliphatic carbocycles. The molecule has 2 aromatic carbocycles. The number of likely N-dealkylation sites (tertiary alicyclic amines) is 1. The van der Waals surface area contributed by atoms with E-state index < -0.39 is 0 Å². The fraction of sp³-hybridized carbons (Fsp3) is 0.333. The van der Waals surface area contributed by atoms with Crippen molar-refractivity contribution < 1.29 is 9.59 Å². The smallest absolute Gasteiger partial charge is 0.253 e. The van der Waals surface area contributed by atoms with Crippen LogP contribution < -0.4 is 5.32 Å². The number of benzene rings is 2. The van der Waals surface area contributed by atoms with Gasteiger partial charge in [-0.3, -0.25) is 9.59 Å². The molecule has 0 unspecified atom stereocenters. The third kappa shape index (κ3) is 4.25. The number of carbonyl (C=O) groups excluding carboxylic acids is 2. The van der Waals surface area contributed by atoms with Crippen LogP contribution in [0.15, 0.2) is 48.5 Å². The quantitative estimate of drug-likeness (QED) is 0.477. The zero-order chi connectivity index (χ0) is 23.7. The summed E-state index contributed by atoms with van der Waals surface area (Å²) in [4.78, 5) is 31.9. The second-order valence-electron chi connectivity index (χ2n) is 8.99. The molecule has 4 aromatic rings. The predicted molar refractivity (Wildman–Crippen MR) is 132 cm³/mol. The second kappa shape index (κ2) is 9.25. The zero-order valence-electron chi connectivity index (χ0n) is 19.7. The molecule has 1 aliphatic heterocycles.